The highest BCUT2D eigenvalue weighted by molar-refractivity contribution is 7.61. The number of fused-ring (bicyclic) bond motifs is 1. The zero-order valence-corrected chi connectivity index (χ0v) is 30.2. The van der Waals surface area contributed by atoms with Gasteiger partial charge in [0.2, 0.25) is 13.6 Å². The lowest BCUT2D eigenvalue weighted by Gasteiger charge is -2.23. The predicted octanol–water partition coefficient (Wildman–Crippen LogP) is 2.19. The molecule has 1 saturated heterocycles. The third-order valence-corrected chi connectivity index (χ3v) is 10.0. The Morgan fingerprint density at radius 2 is 1.49 bits per heavy atom. The van der Waals surface area contributed by atoms with Gasteiger partial charge in [0, 0.05) is 17.6 Å². The molecule has 1 aliphatic rings. The van der Waals surface area contributed by atoms with E-state index in [2.05, 4.69) is 9.47 Å². The van der Waals surface area contributed by atoms with E-state index in [4.69, 9.17) is 32.3 Å². The van der Waals surface area contributed by atoms with Crippen LogP contribution in [0.4, 0.5) is 0 Å². The van der Waals surface area contributed by atoms with Gasteiger partial charge in [-0.05, 0) is 53.7 Å². The summed E-state index contributed by atoms with van der Waals surface area (Å²) < 4.78 is 67.4. The molecular weight excluding hydrogens is 724 g/mol. The Labute approximate surface area is 289 Å². The van der Waals surface area contributed by atoms with Crippen LogP contribution in [0.1, 0.15) is 53.5 Å². The summed E-state index contributed by atoms with van der Waals surface area (Å²) >= 11 is 0. The van der Waals surface area contributed by atoms with E-state index in [9.17, 15) is 43.4 Å². The molecule has 4 rings (SSSR count). The molecule has 5 atom stereocenters. The fourth-order valence-electron chi connectivity index (χ4n) is 4.29. The summed E-state index contributed by atoms with van der Waals surface area (Å²) in [7, 11) is -10.7. The number of benzene rings is 1. The quantitative estimate of drug-likeness (QED) is 0.121. The van der Waals surface area contributed by atoms with Crippen molar-refractivity contribution in [2.75, 3.05) is 20.2 Å². The molecule has 3 aromatic rings. The van der Waals surface area contributed by atoms with Crippen molar-refractivity contribution in [1.82, 2.24) is 14.3 Å². The molecule has 0 radical (unpaired) electrons. The fourth-order valence-corrected chi connectivity index (χ4v) is 6.64. The lowest BCUT2D eigenvalue weighted by Crippen LogP contribution is -2.43. The third-order valence-electron chi connectivity index (χ3n) is 7.10. The lowest BCUT2D eigenvalue weighted by atomic mass is 9.98. The molecule has 22 heteroatoms. The zero-order chi connectivity index (χ0) is 37.9. The van der Waals surface area contributed by atoms with E-state index >= 15 is 0 Å². The van der Waals surface area contributed by atoms with Gasteiger partial charge in [-0.1, -0.05) is 17.3 Å². The number of para-hydroxylation sites is 1. The van der Waals surface area contributed by atoms with Gasteiger partial charge in [0.1, 0.15) is 24.0 Å². The van der Waals surface area contributed by atoms with Crippen molar-refractivity contribution in [3.63, 3.8) is 0 Å². The van der Waals surface area contributed by atoms with Crippen molar-refractivity contribution >= 4 is 38.6 Å². The van der Waals surface area contributed by atoms with Crippen LogP contribution in [0.5, 0.6) is 0 Å². The first-order valence-electron chi connectivity index (χ1n) is 15.2. The molecule has 0 spiro atoms. The summed E-state index contributed by atoms with van der Waals surface area (Å²) in [6, 6.07) is 7.77. The zero-order valence-electron chi connectivity index (χ0n) is 28.4. The van der Waals surface area contributed by atoms with Gasteiger partial charge in [-0.2, -0.15) is 4.31 Å². The Morgan fingerprint density at radius 3 is 2.08 bits per heavy atom. The number of aliphatic hydroxyl groups excluding tert-OH is 2. The molecule has 0 saturated carbocycles. The Morgan fingerprint density at radius 1 is 0.902 bits per heavy atom. The predicted molar refractivity (Wildman–Crippen MR) is 171 cm³/mol. The third kappa shape index (κ3) is 10.1. The average Bonchev–Trinajstić information content (AvgIpc) is 3.56. The highest BCUT2D eigenvalue weighted by atomic mass is 31.3. The van der Waals surface area contributed by atoms with E-state index in [0.717, 1.165) is 21.4 Å². The fraction of sp³-hybridized carbons (Fsp3) is 0.552. The molecule has 0 aliphatic carbocycles. The maximum atomic E-state index is 13.4. The molecule has 51 heavy (non-hydrogen) atoms. The summed E-state index contributed by atoms with van der Waals surface area (Å²) in [5.41, 5.74) is -3.00. The molecule has 1 fully saturated rings. The Balaban J connectivity index is 1.45. The summed E-state index contributed by atoms with van der Waals surface area (Å²) in [4.78, 5) is 60.6. The number of aromatic nitrogens is 3. The van der Waals surface area contributed by atoms with Gasteiger partial charge in [-0.3, -0.25) is 28.0 Å². The number of phosphoric acid groups is 2. The summed E-state index contributed by atoms with van der Waals surface area (Å²) in [6.07, 6.45) is -5.83. The Hall–Kier alpha value is -3.55. The lowest BCUT2D eigenvalue weighted by molar-refractivity contribution is -0.162. The smallest absolute Gasteiger partial charge is 0.437 e. The van der Waals surface area contributed by atoms with Crippen molar-refractivity contribution in [3.8, 4) is 0 Å². The molecule has 282 valence electrons. The van der Waals surface area contributed by atoms with Crippen LogP contribution in [0.15, 0.2) is 50.6 Å². The number of carbonyl (C=O) groups excluding carboxylic acids is 2. The largest absolute Gasteiger partial charge is 0.489 e. The standard InChI is InChI=1S/C29H39N3O17P2/c1-28(2,3)25(36)42-15-45-51(41,46-16-43-26(37)29(4,5)6)49-50(39,40)44-14-20-22(34)23(35)24(47-20)31-12-11-21(33)32(27(31)38)13-18-17-9-7-8-10-19(17)48-30-18/h7-12,20,22-24,34-35H,13-16H2,1-6H3,(H,39,40)/t20-,22+,23?,24-/m1/s1. The molecule has 2 unspecified atom stereocenters. The second-order valence-electron chi connectivity index (χ2n) is 13.3. The number of aliphatic hydroxyl groups is 2. The minimum absolute atomic E-state index is 0.269. The van der Waals surface area contributed by atoms with Crippen LogP contribution in [0.3, 0.4) is 0 Å². The second-order valence-corrected chi connectivity index (χ2v) is 16.5. The SMILES string of the molecule is CC(C)(C)C(=O)OCOP(=O)(OCOC(=O)C(C)(C)C)OP(=O)(O)OC[C@H]1O[C@@H](n2ccc(=O)n(Cc3noc4ccccc34)c2=O)C(O)[C@H]1O. The second kappa shape index (κ2) is 15.6. The summed E-state index contributed by atoms with van der Waals surface area (Å²) in [5, 5.41) is 25.9. The number of rotatable bonds is 14. The van der Waals surface area contributed by atoms with Crippen LogP contribution >= 0.6 is 15.6 Å². The molecular formula is C29H39N3O17P2. The van der Waals surface area contributed by atoms with Gasteiger partial charge in [0.15, 0.2) is 11.8 Å². The molecule has 2 aromatic heterocycles. The Kier molecular flexibility index (Phi) is 12.3. The van der Waals surface area contributed by atoms with Gasteiger partial charge in [0.05, 0.1) is 24.0 Å². The van der Waals surface area contributed by atoms with Gasteiger partial charge < -0.3 is 33.8 Å². The normalized spacial score (nSPS) is 21.0. The van der Waals surface area contributed by atoms with E-state index in [0.29, 0.717) is 11.0 Å². The molecule has 0 bridgehead atoms. The van der Waals surface area contributed by atoms with E-state index < -0.39 is 94.4 Å². The van der Waals surface area contributed by atoms with Gasteiger partial charge in [-0.15, -0.1) is 0 Å². The average molecular weight is 764 g/mol. The van der Waals surface area contributed by atoms with Crippen molar-refractivity contribution < 1.29 is 70.4 Å². The Bertz CT molecular complexity index is 1910. The monoisotopic (exact) mass is 763 g/mol. The van der Waals surface area contributed by atoms with Crippen LogP contribution in [-0.2, 0) is 57.4 Å². The van der Waals surface area contributed by atoms with Crippen LogP contribution in [0, 0.1) is 10.8 Å². The number of hydrogen-bond acceptors (Lipinski definition) is 17. The van der Waals surface area contributed by atoms with E-state index in [1.54, 1.807) is 24.3 Å². The molecule has 3 N–H and O–H groups in total. The summed E-state index contributed by atoms with van der Waals surface area (Å²) in [6.45, 7) is 5.60. The maximum Gasteiger partial charge on any atom is 0.489 e. The van der Waals surface area contributed by atoms with Crippen LogP contribution in [-0.4, -0.2) is 79.8 Å². The highest BCUT2D eigenvalue weighted by Gasteiger charge is 2.47. The first-order valence-corrected chi connectivity index (χ1v) is 18.2. The van der Waals surface area contributed by atoms with Crippen molar-refractivity contribution in [3.05, 3.63) is 63.1 Å². The van der Waals surface area contributed by atoms with E-state index in [1.165, 1.54) is 41.5 Å². The number of phosphoric ester groups is 2. The van der Waals surface area contributed by atoms with E-state index in [1.807, 2.05) is 0 Å². The molecule has 1 aliphatic heterocycles. The van der Waals surface area contributed by atoms with Gasteiger partial charge in [0.25, 0.3) is 5.56 Å². The number of hydrogen-bond donors (Lipinski definition) is 3. The van der Waals surface area contributed by atoms with E-state index in [-0.39, 0.29) is 12.2 Å². The van der Waals surface area contributed by atoms with Crippen molar-refractivity contribution in [2.24, 2.45) is 10.8 Å². The first-order chi connectivity index (χ1) is 23.6. The highest BCUT2D eigenvalue weighted by Crippen LogP contribution is 2.63. The summed E-state index contributed by atoms with van der Waals surface area (Å²) in [5.74, 6) is -1.61. The van der Waals surface area contributed by atoms with Crippen molar-refractivity contribution in [1.29, 1.82) is 0 Å². The minimum Gasteiger partial charge on any atom is -0.437 e. The van der Waals surface area contributed by atoms with Gasteiger partial charge in [-0.25, -0.2) is 23.0 Å². The molecule has 0 amide bonds. The van der Waals surface area contributed by atoms with Crippen LogP contribution in [0.25, 0.3) is 11.0 Å². The van der Waals surface area contributed by atoms with Crippen molar-refractivity contribution in [2.45, 2.75) is 72.6 Å². The molecule has 20 nitrogen and oxygen atoms in total. The number of ether oxygens (including phenoxy) is 3. The van der Waals surface area contributed by atoms with Crippen LogP contribution < -0.4 is 11.2 Å². The van der Waals surface area contributed by atoms with Crippen LogP contribution in [0.2, 0.25) is 0 Å². The molecule has 3 heterocycles. The topological polar surface area (TPSA) is 264 Å². The number of esters is 2. The van der Waals surface area contributed by atoms with Gasteiger partial charge >= 0.3 is 33.3 Å². The number of carbonyl (C=O) groups is 2. The molecule has 1 aromatic carbocycles. The minimum atomic E-state index is -5.47. The first kappa shape index (κ1) is 40.2. The maximum absolute atomic E-state index is 13.4. The number of nitrogens with zero attached hydrogens (tertiary/aromatic N) is 3.